The Morgan fingerprint density at radius 1 is 1.13 bits per heavy atom. The zero-order valence-corrected chi connectivity index (χ0v) is 19.0. The first kappa shape index (κ1) is 25.8. The van der Waals surface area contributed by atoms with E-state index in [2.05, 4.69) is 19.2 Å². The van der Waals surface area contributed by atoms with Gasteiger partial charge in [0, 0.05) is 18.8 Å². The molecule has 1 unspecified atom stereocenters. The molecule has 1 aromatic carbocycles. The molecule has 7 nitrogen and oxygen atoms in total. The molecule has 1 atom stereocenters. The second-order valence-corrected chi connectivity index (χ2v) is 8.66. The number of alkyl carbamates (subject to hydrolysis) is 1. The first-order chi connectivity index (χ1) is 14.1. The molecule has 2 amide bonds. The number of benzene rings is 1. The van der Waals surface area contributed by atoms with Crippen LogP contribution in [0.5, 0.6) is 0 Å². The van der Waals surface area contributed by atoms with Crippen LogP contribution in [-0.2, 0) is 4.74 Å². The molecule has 170 valence electrons. The van der Waals surface area contributed by atoms with Crippen molar-refractivity contribution >= 4 is 17.9 Å². The minimum atomic E-state index is -0.995. The van der Waals surface area contributed by atoms with Crippen molar-refractivity contribution in [3.8, 4) is 0 Å². The number of hydrogen-bond acceptors (Lipinski definition) is 4. The normalized spacial score (nSPS) is 12.5. The number of amides is 2. The van der Waals surface area contributed by atoms with Crippen LogP contribution in [0.1, 0.15) is 78.4 Å². The zero-order valence-electron chi connectivity index (χ0n) is 19.0. The van der Waals surface area contributed by atoms with Gasteiger partial charge in [-0.1, -0.05) is 38.8 Å². The van der Waals surface area contributed by atoms with Gasteiger partial charge in [0.2, 0.25) is 0 Å². The highest BCUT2D eigenvalue weighted by Gasteiger charge is 2.21. The summed E-state index contributed by atoms with van der Waals surface area (Å²) >= 11 is 0. The Bertz CT molecular complexity index is 666. The number of anilines is 1. The highest BCUT2D eigenvalue weighted by Crippen LogP contribution is 2.25. The van der Waals surface area contributed by atoms with Crippen LogP contribution in [0.2, 0.25) is 0 Å². The number of rotatable bonds is 11. The molecular weight excluding hydrogens is 384 g/mol. The van der Waals surface area contributed by atoms with Crippen molar-refractivity contribution in [1.29, 1.82) is 0 Å². The summed E-state index contributed by atoms with van der Waals surface area (Å²) in [6, 6.07) is 6.97. The first-order valence-corrected chi connectivity index (χ1v) is 10.8. The van der Waals surface area contributed by atoms with Crippen molar-refractivity contribution in [2.75, 3.05) is 18.0 Å². The van der Waals surface area contributed by atoms with E-state index in [-0.39, 0.29) is 6.54 Å². The summed E-state index contributed by atoms with van der Waals surface area (Å²) in [5.41, 5.74) is 0.591. The maximum absolute atomic E-state index is 11.9. The average molecular weight is 423 g/mol. The topological polar surface area (TPSA) is 99.1 Å². The summed E-state index contributed by atoms with van der Waals surface area (Å²) < 4.78 is 5.18. The van der Waals surface area contributed by atoms with Crippen molar-refractivity contribution in [3.63, 3.8) is 0 Å². The van der Waals surface area contributed by atoms with E-state index in [0.29, 0.717) is 30.1 Å². The van der Waals surface area contributed by atoms with E-state index < -0.39 is 23.9 Å². The van der Waals surface area contributed by atoms with Crippen molar-refractivity contribution in [2.24, 2.45) is 5.92 Å². The Kier molecular flexibility index (Phi) is 10.7. The van der Waals surface area contributed by atoms with Gasteiger partial charge in [0.05, 0.1) is 6.10 Å². The van der Waals surface area contributed by atoms with Crippen LogP contribution in [0.4, 0.5) is 15.3 Å². The Morgan fingerprint density at radius 3 is 2.30 bits per heavy atom. The van der Waals surface area contributed by atoms with Gasteiger partial charge in [-0.3, -0.25) is 4.90 Å². The number of carbonyl (C=O) groups excluding carboxylic acids is 1. The molecule has 0 radical (unpaired) electrons. The molecule has 7 heteroatoms. The minimum Gasteiger partial charge on any atom is -0.465 e. The number of hydrogen-bond donors (Lipinski definition) is 3. The maximum Gasteiger partial charge on any atom is 0.411 e. The monoisotopic (exact) mass is 422 g/mol. The Labute approximate surface area is 180 Å². The molecule has 30 heavy (non-hydrogen) atoms. The van der Waals surface area contributed by atoms with Crippen LogP contribution in [0.3, 0.4) is 0 Å². The molecule has 1 aromatic rings. The largest absolute Gasteiger partial charge is 0.465 e. The fourth-order valence-corrected chi connectivity index (χ4v) is 3.39. The van der Waals surface area contributed by atoms with Gasteiger partial charge in [0.15, 0.2) is 0 Å². The minimum absolute atomic E-state index is 0.248. The third-order valence-electron chi connectivity index (χ3n) is 4.72. The summed E-state index contributed by atoms with van der Waals surface area (Å²) in [7, 11) is 0. The van der Waals surface area contributed by atoms with Crippen molar-refractivity contribution in [1.82, 2.24) is 5.32 Å². The molecule has 0 aromatic heterocycles. The molecular formula is C23H38N2O5. The highest BCUT2D eigenvalue weighted by molar-refractivity contribution is 5.86. The molecule has 0 saturated carbocycles. The number of carbonyl (C=O) groups is 2. The number of ether oxygens (including phenoxy) is 1. The molecule has 0 spiro atoms. The maximum atomic E-state index is 11.9. The molecule has 0 aliphatic heterocycles. The van der Waals surface area contributed by atoms with Crippen LogP contribution in [0, 0.1) is 5.92 Å². The third kappa shape index (κ3) is 9.48. The van der Waals surface area contributed by atoms with Crippen LogP contribution >= 0.6 is 0 Å². The van der Waals surface area contributed by atoms with Gasteiger partial charge < -0.3 is 20.3 Å². The summed E-state index contributed by atoms with van der Waals surface area (Å²) in [6.07, 6.45) is 1.95. The fraction of sp³-hybridized carbons (Fsp3) is 0.652. The van der Waals surface area contributed by atoms with E-state index in [1.54, 1.807) is 45.0 Å². The van der Waals surface area contributed by atoms with Gasteiger partial charge >= 0.3 is 12.2 Å². The lowest BCUT2D eigenvalue weighted by atomic mass is 9.97. The van der Waals surface area contributed by atoms with Crippen molar-refractivity contribution in [3.05, 3.63) is 29.8 Å². The lowest BCUT2D eigenvalue weighted by Gasteiger charge is -2.26. The molecule has 0 fully saturated rings. The fourth-order valence-electron chi connectivity index (χ4n) is 3.39. The van der Waals surface area contributed by atoms with E-state index >= 15 is 0 Å². The number of nitrogens with one attached hydrogen (secondary N) is 1. The molecule has 0 saturated heterocycles. The Balaban J connectivity index is 2.78. The molecule has 0 heterocycles. The van der Waals surface area contributed by atoms with Gasteiger partial charge in [-0.05, 0) is 63.6 Å². The predicted octanol–water partition coefficient (Wildman–Crippen LogP) is 5.34. The number of aliphatic hydroxyl groups is 1. The van der Waals surface area contributed by atoms with Gasteiger partial charge in [-0.25, -0.2) is 9.59 Å². The second-order valence-electron chi connectivity index (χ2n) is 8.66. The van der Waals surface area contributed by atoms with E-state index in [1.165, 1.54) is 4.90 Å². The number of nitrogens with zero attached hydrogens (tertiary/aromatic N) is 1. The summed E-state index contributed by atoms with van der Waals surface area (Å²) in [4.78, 5) is 25.0. The molecule has 0 bridgehead atoms. The summed E-state index contributed by atoms with van der Waals surface area (Å²) in [5, 5.41) is 22.9. The highest BCUT2D eigenvalue weighted by atomic mass is 16.6. The van der Waals surface area contributed by atoms with Crippen molar-refractivity contribution < 1.29 is 24.5 Å². The number of carboxylic acid groups (broad SMARTS) is 1. The lowest BCUT2D eigenvalue weighted by molar-refractivity contribution is 0.0518. The second kappa shape index (κ2) is 12.4. The van der Waals surface area contributed by atoms with Crippen LogP contribution < -0.4 is 10.2 Å². The first-order valence-electron chi connectivity index (χ1n) is 10.8. The lowest BCUT2D eigenvalue weighted by Crippen LogP contribution is -2.34. The van der Waals surface area contributed by atoms with Gasteiger partial charge in [0.25, 0.3) is 0 Å². The number of aliphatic hydroxyl groups excluding tert-OH is 1. The van der Waals surface area contributed by atoms with Crippen molar-refractivity contribution in [2.45, 2.75) is 78.4 Å². The Hall–Kier alpha value is -2.28. The predicted molar refractivity (Wildman–Crippen MR) is 119 cm³/mol. The zero-order chi connectivity index (χ0) is 22.7. The smallest absolute Gasteiger partial charge is 0.411 e. The van der Waals surface area contributed by atoms with Crippen LogP contribution in [0.15, 0.2) is 24.3 Å². The molecule has 1 rings (SSSR count). The van der Waals surface area contributed by atoms with E-state index in [4.69, 9.17) is 4.74 Å². The third-order valence-corrected chi connectivity index (χ3v) is 4.72. The van der Waals surface area contributed by atoms with E-state index in [9.17, 15) is 19.8 Å². The van der Waals surface area contributed by atoms with Gasteiger partial charge in [-0.15, -0.1) is 0 Å². The molecule has 3 N–H and O–H groups in total. The molecule has 0 aliphatic carbocycles. The Morgan fingerprint density at radius 2 is 1.77 bits per heavy atom. The van der Waals surface area contributed by atoms with Gasteiger partial charge in [0.1, 0.15) is 5.60 Å². The quantitative estimate of drug-likeness (QED) is 0.447. The van der Waals surface area contributed by atoms with Crippen LogP contribution in [-0.4, -0.2) is 41.1 Å². The van der Waals surface area contributed by atoms with E-state index in [0.717, 1.165) is 25.7 Å². The van der Waals surface area contributed by atoms with E-state index in [1.807, 2.05) is 0 Å². The van der Waals surface area contributed by atoms with Crippen LogP contribution in [0.25, 0.3) is 0 Å². The SMILES string of the molecule is CCCC(CCC)CN(C(=O)O)c1cccc(C(O)CCNC(=O)OC(C)(C)C)c1. The molecule has 0 aliphatic rings. The van der Waals surface area contributed by atoms with Gasteiger partial charge in [-0.2, -0.15) is 0 Å². The standard InChI is InChI=1S/C23H38N2O5/c1-6-9-17(10-7-2)16-25(22(28)29)19-12-8-11-18(15-19)20(26)13-14-24-21(27)30-23(3,4)5/h8,11-12,15,17,20,26H,6-7,9-10,13-14,16H2,1-5H3,(H,24,27)(H,28,29). The summed E-state index contributed by atoms with van der Waals surface area (Å²) in [6.45, 7) is 10.3. The average Bonchev–Trinajstić information content (AvgIpc) is 2.64. The summed E-state index contributed by atoms with van der Waals surface area (Å²) in [5.74, 6) is 0.308.